The minimum Gasteiger partial charge on any atom is -0.329 e. The third-order valence-electron chi connectivity index (χ3n) is 5.64. The minimum atomic E-state index is -3.95. The van der Waals surface area contributed by atoms with Crippen LogP contribution in [0.2, 0.25) is 0 Å². The van der Waals surface area contributed by atoms with Crippen molar-refractivity contribution in [3.05, 3.63) is 48.0 Å². The maximum Gasteiger partial charge on any atom is 0.238 e. The Labute approximate surface area is 175 Å². The molecule has 3 aromatic rings. The third-order valence-corrected chi connectivity index (χ3v) is 6.59. The molecule has 0 amide bonds. The molecule has 0 saturated carbocycles. The summed E-state index contributed by atoms with van der Waals surface area (Å²) in [6, 6.07) is 13.2. The van der Waals surface area contributed by atoms with Crippen LogP contribution >= 0.6 is 0 Å². The lowest BCUT2D eigenvalue weighted by molar-refractivity contribution is 0.218. The van der Waals surface area contributed by atoms with E-state index in [0.717, 1.165) is 38.0 Å². The lowest BCUT2D eigenvalue weighted by atomic mass is 9.88. The van der Waals surface area contributed by atoms with Gasteiger partial charge in [0.1, 0.15) is 0 Å². The van der Waals surface area contributed by atoms with Gasteiger partial charge in [-0.05, 0) is 65.0 Å². The molecule has 2 heterocycles. The van der Waals surface area contributed by atoms with Crippen LogP contribution in [0.5, 0.6) is 0 Å². The highest BCUT2D eigenvalue weighted by Crippen LogP contribution is 2.36. The van der Waals surface area contributed by atoms with Crippen molar-refractivity contribution in [2.75, 3.05) is 26.2 Å². The summed E-state index contributed by atoms with van der Waals surface area (Å²) in [6.07, 6.45) is 2.21. The number of aromatic amines is 1. The van der Waals surface area contributed by atoms with E-state index < -0.39 is 10.0 Å². The Hall–Kier alpha value is -2.66. The summed E-state index contributed by atoms with van der Waals surface area (Å²) in [7, 11) is -3.95. The molecule has 0 bridgehead atoms. The normalized spacial score (nSPS) is 16.1. The van der Waals surface area contributed by atoms with Crippen molar-refractivity contribution in [1.82, 2.24) is 25.5 Å². The zero-order valence-electron chi connectivity index (χ0n) is 16.5. The summed E-state index contributed by atoms with van der Waals surface area (Å²) in [6.45, 7) is 3.76. The standard InChI is InChI=1S/C20H25N7O2S/c21-10-13-27-11-8-15(9-12-27)14-4-6-16(7-5-14)17-2-1-3-18(30(22,28)29)19(17)20-23-25-26-24-20/h1-7,15H,8-13,21H2,(H2,22,28,29)(H,23,24,25,26). The third kappa shape index (κ3) is 4.26. The fourth-order valence-electron chi connectivity index (χ4n) is 4.13. The first-order valence-electron chi connectivity index (χ1n) is 9.90. The molecule has 0 aliphatic carbocycles. The van der Waals surface area contributed by atoms with Crippen molar-refractivity contribution < 1.29 is 8.42 Å². The predicted octanol–water partition coefficient (Wildman–Crippen LogP) is 1.32. The van der Waals surface area contributed by atoms with Gasteiger partial charge in [0.2, 0.25) is 10.0 Å². The fourth-order valence-corrected chi connectivity index (χ4v) is 4.88. The lowest BCUT2D eigenvalue weighted by Crippen LogP contribution is -2.36. The summed E-state index contributed by atoms with van der Waals surface area (Å²) >= 11 is 0. The number of nitrogens with two attached hydrogens (primary N) is 2. The number of sulfonamides is 1. The second-order valence-electron chi connectivity index (χ2n) is 7.50. The molecule has 0 atom stereocenters. The highest BCUT2D eigenvalue weighted by molar-refractivity contribution is 7.89. The summed E-state index contributed by atoms with van der Waals surface area (Å²) in [5.74, 6) is 0.771. The number of H-pyrrole nitrogens is 1. The second-order valence-corrected chi connectivity index (χ2v) is 9.03. The topological polar surface area (TPSA) is 144 Å². The smallest absolute Gasteiger partial charge is 0.238 e. The Bertz CT molecular complexity index is 1090. The van der Waals surface area contributed by atoms with Crippen molar-refractivity contribution in [2.24, 2.45) is 10.9 Å². The lowest BCUT2D eigenvalue weighted by Gasteiger charge is -2.31. The van der Waals surface area contributed by atoms with Gasteiger partial charge in [0, 0.05) is 18.7 Å². The molecule has 0 unspecified atom stereocenters. The average Bonchev–Trinajstić information content (AvgIpc) is 3.28. The van der Waals surface area contributed by atoms with E-state index >= 15 is 0 Å². The van der Waals surface area contributed by atoms with Crippen LogP contribution in [0.15, 0.2) is 47.4 Å². The molecular weight excluding hydrogens is 402 g/mol. The molecule has 10 heteroatoms. The average molecular weight is 428 g/mol. The number of tetrazole rings is 1. The number of benzene rings is 2. The number of hydrogen-bond acceptors (Lipinski definition) is 7. The molecule has 1 aromatic heterocycles. The number of likely N-dealkylation sites (tertiary alicyclic amines) is 1. The largest absolute Gasteiger partial charge is 0.329 e. The zero-order chi connectivity index (χ0) is 21.1. The highest BCUT2D eigenvalue weighted by atomic mass is 32.2. The van der Waals surface area contributed by atoms with Crippen LogP contribution in [-0.4, -0.2) is 60.1 Å². The molecule has 30 heavy (non-hydrogen) atoms. The van der Waals surface area contributed by atoms with E-state index in [1.54, 1.807) is 6.07 Å². The molecular formula is C20H25N7O2S. The number of aromatic nitrogens is 4. The van der Waals surface area contributed by atoms with Crippen molar-refractivity contribution in [3.63, 3.8) is 0 Å². The van der Waals surface area contributed by atoms with Gasteiger partial charge in [-0.1, -0.05) is 36.4 Å². The summed E-state index contributed by atoms with van der Waals surface area (Å²) in [5, 5.41) is 19.2. The van der Waals surface area contributed by atoms with Crippen molar-refractivity contribution in [2.45, 2.75) is 23.7 Å². The summed E-state index contributed by atoms with van der Waals surface area (Å²) in [5.41, 5.74) is 8.89. The van der Waals surface area contributed by atoms with E-state index in [1.807, 2.05) is 18.2 Å². The first-order valence-corrected chi connectivity index (χ1v) is 11.4. The van der Waals surface area contributed by atoms with Crippen molar-refractivity contribution in [1.29, 1.82) is 0 Å². The first-order chi connectivity index (χ1) is 14.5. The molecule has 2 aromatic carbocycles. The van der Waals surface area contributed by atoms with Gasteiger partial charge in [0.15, 0.2) is 5.82 Å². The number of rotatable bonds is 6. The van der Waals surface area contributed by atoms with E-state index in [2.05, 4.69) is 37.7 Å². The van der Waals surface area contributed by atoms with Gasteiger partial charge in [-0.15, -0.1) is 5.10 Å². The van der Waals surface area contributed by atoms with Crippen molar-refractivity contribution in [3.8, 4) is 22.5 Å². The number of primary sulfonamides is 1. The van der Waals surface area contributed by atoms with Gasteiger partial charge in [0.25, 0.3) is 0 Å². The van der Waals surface area contributed by atoms with E-state index in [-0.39, 0.29) is 10.7 Å². The second kappa shape index (κ2) is 8.60. The molecule has 158 valence electrons. The quantitative estimate of drug-likeness (QED) is 0.538. The highest BCUT2D eigenvalue weighted by Gasteiger charge is 2.23. The van der Waals surface area contributed by atoms with E-state index in [4.69, 9.17) is 10.9 Å². The van der Waals surface area contributed by atoms with Gasteiger partial charge < -0.3 is 10.6 Å². The number of nitrogens with one attached hydrogen (secondary N) is 1. The SMILES string of the molecule is NCCN1CCC(c2ccc(-c3cccc(S(N)(=O)=O)c3-c3nnn[nH]3)cc2)CC1. The number of piperidine rings is 1. The Kier molecular flexibility index (Phi) is 5.91. The minimum absolute atomic E-state index is 0.0186. The van der Waals surface area contributed by atoms with E-state index in [0.29, 0.717) is 23.6 Å². The van der Waals surface area contributed by atoms with Crippen LogP contribution in [0.3, 0.4) is 0 Å². The van der Waals surface area contributed by atoms with Crippen LogP contribution in [0.1, 0.15) is 24.3 Å². The number of hydrogen-bond donors (Lipinski definition) is 3. The van der Waals surface area contributed by atoms with Gasteiger partial charge in [-0.25, -0.2) is 18.7 Å². The van der Waals surface area contributed by atoms with Gasteiger partial charge in [0.05, 0.1) is 4.90 Å². The zero-order valence-corrected chi connectivity index (χ0v) is 17.3. The summed E-state index contributed by atoms with van der Waals surface area (Å²) in [4.78, 5) is 2.39. The van der Waals surface area contributed by atoms with Crippen molar-refractivity contribution >= 4 is 10.0 Å². The molecule has 0 spiro atoms. The van der Waals surface area contributed by atoms with E-state index in [9.17, 15) is 8.42 Å². The van der Waals surface area contributed by atoms with E-state index in [1.165, 1.54) is 11.6 Å². The molecule has 4 rings (SSSR count). The van der Waals surface area contributed by atoms with Gasteiger partial charge >= 0.3 is 0 Å². The van der Waals surface area contributed by atoms with Gasteiger partial charge in [-0.2, -0.15) is 0 Å². The fraction of sp³-hybridized carbons (Fsp3) is 0.350. The first kappa shape index (κ1) is 20.6. The maximum atomic E-state index is 12.1. The predicted molar refractivity (Wildman–Crippen MR) is 114 cm³/mol. The maximum absolute atomic E-state index is 12.1. The molecule has 1 aliphatic rings. The Morgan fingerprint density at radius 3 is 2.43 bits per heavy atom. The molecule has 0 radical (unpaired) electrons. The Morgan fingerprint density at radius 1 is 1.10 bits per heavy atom. The Morgan fingerprint density at radius 2 is 1.83 bits per heavy atom. The van der Waals surface area contributed by atoms with Crippen LogP contribution < -0.4 is 10.9 Å². The Balaban J connectivity index is 1.66. The summed E-state index contributed by atoms with van der Waals surface area (Å²) < 4.78 is 24.3. The van der Waals surface area contributed by atoms with Crippen LogP contribution in [-0.2, 0) is 10.0 Å². The molecule has 9 nitrogen and oxygen atoms in total. The monoisotopic (exact) mass is 427 g/mol. The number of nitrogens with zero attached hydrogens (tertiary/aromatic N) is 4. The molecule has 5 N–H and O–H groups in total. The van der Waals surface area contributed by atoms with Gasteiger partial charge in [-0.3, -0.25) is 0 Å². The molecule has 1 aliphatic heterocycles. The molecule has 1 fully saturated rings. The van der Waals surface area contributed by atoms with Crippen LogP contribution in [0.4, 0.5) is 0 Å². The molecule has 1 saturated heterocycles. The van der Waals surface area contributed by atoms with Crippen LogP contribution in [0.25, 0.3) is 22.5 Å². The van der Waals surface area contributed by atoms with Crippen LogP contribution in [0, 0.1) is 0 Å².